The van der Waals surface area contributed by atoms with E-state index in [1.165, 1.54) is 11.1 Å². The van der Waals surface area contributed by atoms with Gasteiger partial charge in [-0.15, -0.1) is 0 Å². The number of benzene rings is 2. The number of rotatable bonds is 5. The molecular weight excluding hydrogens is 346 g/mol. The lowest BCUT2D eigenvalue weighted by atomic mass is 9.85. The Labute approximate surface area is 168 Å². The molecule has 1 heterocycles. The van der Waals surface area contributed by atoms with Crippen molar-refractivity contribution in [3.8, 4) is 22.8 Å². The lowest BCUT2D eigenvalue weighted by Crippen LogP contribution is -2.11. The molecule has 28 heavy (non-hydrogen) atoms. The summed E-state index contributed by atoms with van der Waals surface area (Å²) in [6, 6.07) is 18.6. The van der Waals surface area contributed by atoms with Crippen molar-refractivity contribution in [2.45, 2.75) is 46.6 Å². The van der Waals surface area contributed by atoms with Gasteiger partial charge in [-0.3, -0.25) is 4.98 Å². The van der Waals surface area contributed by atoms with E-state index < -0.39 is 0 Å². The van der Waals surface area contributed by atoms with Crippen LogP contribution in [0.3, 0.4) is 0 Å². The summed E-state index contributed by atoms with van der Waals surface area (Å²) in [7, 11) is 1.67. The molecule has 0 aliphatic heterocycles. The van der Waals surface area contributed by atoms with E-state index in [0.717, 1.165) is 34.0 Å². The van der Waals surface area contributed by atoms with Gasteiger partial charge in [-0.2, -0.15) is 0 Å². The number of ether oxygens (including phenoxy) is 2. The minimum atomic E-state index is 0.135. The van der Waals surface area contributed by atoms with Crippen molar-refractivity contribution in [3.05, 3.63) is 77.0 Å². The monoisotopic (exact) mass is 375 g/mol. The van der Waals surface area contributed by atoms with E-state index in [0.29, 0.717) is 6.61 Å². The lowest BCUT2D eigenvalue weighted by Gasteiger charge is -2.20. The van der Waals surface area contributed by atoms with E-state index in [9.17, 15) is 0 Å². The summed E-state index contributed by atoms with van der Waals surface area (Å²) in [6.07, 6.45) is 0. The van der Waals surface area contributed by atoms with Gasteiger partial charge in [0.2, 0.25) is 0 Å². The zero-order chi connectivity index (χ0) is 20.3. The number of hydrogen-bond acceptors (Lipinski definition) is 3. The van der Waals surface area contributed by atoms with Gasteiger partial charge in [-0.25, -0.2) is 0 Å². The molecule has 3 heteroatoms. The molecule has 1 aromatic heterocycles. The fraction of sp³-hybridized carbons (Fsp3) is 0.320. The minimum absolute atomic E-state index is 0.135. The third kappa shape index (κ3) is 4.72. The first-order chi connectivity index (χ1) is 13.3. The molecule has 0 aliphatic carbocycles. The molecule has 0 unspecified atom stereocenters. The van der Waals surface area contributed by atoms with Crippen LogP contribution in [0.15, 0.2) is 54.6 Å². The maximum absolute atomic E-state index is 6.05. The minimum Gasteiger partial charge on any atom is -0.497 e. The molecule has 3 nitrogen and oxygen atoms in total. The van der Waals surface area contributed by atoms with Crippen LogP contribution in [0.25, 0.3) is 11.3 Å². The van der Waals surface area contributed by atoms with Gasteiger partial charge < -0.3 is 9.47 Å². The second-order valence-corrected chi connectivity index (χ2v) is 8.25. The molecule has 0 saturated carbocycles. The van der Waals surface area contributed by atoms with E-state index in [1.807, 2.05) is 43.3 Å². The summed E-state index contributed by atoms with van der Waals surface area (Å²) in [4.78, 5) is 4.74. The van der Waals surface area contributed by atoms with Gasteiger partial charge >= 0.3 is 0 Å². The van der Waals surface area contributed by atoms with Crippen molar-refractivity contribution >= 4 is 0 Å². The highest BCUT2D eigenvalue weighted by Gasteiger charge is 2.15. The van der Waals surface area contributed by atoms with Crippen LogP contribution in [0.2, 0.25) is 0 Å². The first kappa shape index (κ1) is 19.9. The molecule has 3 rings (SSSR count). The maximum Gasteiger partial charge on any atom is 0.123 e. The van der Waals surface area contributed by atoms with Crippen LogP contribution in [0.4, 0.5) is 0 Å². The van der Waals surface area contributed by atoms with Crippen LogP contribution in [-0.4, -0.2) is 12.1 Å². The molecule has 0 N–H and O–H groups in total. The second kappa shape index (κ2) is 8.05. The van der Waals surface area contributed by atoms with Crippen molar-refractivity contribution in [1.82, 2.24) is 4.98 Å². The summed E-state index contributed by atoms with van der Waals surface area (Å²) in [5.41, 5.74) is 6.83. The maximum atomic E-state index is 6.05. The SMILES string of the molecule is COc1ccc(COc2cc(C)nc(-c3ccc(C(C)(C)C)cc3C)c2)cc1. The highest BCUT2D eigenvalue weighted by atomic mass is 16.5. The second-order valence-electron chi connectivity index (χ2n) is 8.25. The fourth-order valence-electron chi connectivity index (χ4n) is 3.16. The predicted octanol–water partition coefficient (Wildman–Crippen LogP) is 6.25. The number of hydrogen-bond donors (Lipinski definition) is 0. The summed E-state index contributed by atoms with van der Waals surface area (Å²) in [6.45, 7) is 11.4. The third-order valence-corrected chi connectivity index (χ3v) is 4.86. The lowest BCUT2D eigenvalue weighted by molar-refractivity contribution is 0.305. The van der Waals surface area contributed by atoms with E-state index in [1.54, 1.807) is 7.11 Å². The predicted molar refractivity (Wildman–Crippen MR) is 115 cm³/mol. The number of pyridine rings is 1. The number of aromatic nitrogens is 1. The summed E-state index contributed by atoms with van der Waals surface area (Å²) >= 11 is 0. The molecule has 146 valence electrons. The Morgan fingerprint density at radius 1 is 0.857 bits per heavy atom. The van der Waals surface area contributed by atoms with Crippen molar-refractivity contribution < 1.29 is 9.47 Å². The molecule has 3 aromatic rings. The Kier molecular flexibility index (Phi) is 5.73. The first-order valence-electron chi connectivity index (χ1n) is 9.62. The number of methoxy groups -OCH3 is 1. The van der Waals surface area contributed by atoms with Crippen LogP contribution in [0, 0.1) is 13.8 Å². The average molecular weight is 376 g/mol. The molecule has 0 fully saturated rings. The molecule has 0 atom stereocenters. The van der Waals surface area contributed by atoms with Crippen LogP contribution < -0.4 is 9.47 Å². The Bertz CT molecular complexity index is 953. The standard InChI is InChI=1S/C25H29NO2/c1-17-13-20(25(3,4)5)9-12-23(17)24-15-22(14-18(2)26-24)28-16-19-7-10-21(27-6)11-8-19/h7-15H,16H2,1-6H3. The van der Waals surface area contributed by atoms with Gasteiger partial charge in [-0.05, 0) is 48.1 Å². The molecule has 2 aromatic carbocycles. The molecule has 0 saturated heterocycles. The first-order valence-corrected chi connectivity index (χ1v) is 9.62. The van der Waals surface area contributed by atoms with E-state index in [-0.39, 0.29) is 5.41 Å². The van der Waals surface area contributed by atoms with Crippen LogP contribution >= 0.6 is 0 Å². The highest BCUT2D eigenvalue weighted by molar-refractivity contribution is 5.66. The molecule has 0 amide bonds. The largest absolute Gasteiger partial charge is 0.497 e. The number of aryl methyl sites for hydroxylation is 2. The summed E-state index contributed by atoms with van der Waals surface area (Å²) < 4.78 is 11.2. The van der Waals surface area contributed by atoms with E-state index >= 15 is 0 Å². The summed E-state index contributed by atoms with van der Waals surface area (Å²) in [5.74, 6) is 1.68. The Morgan fingerprint density at radius 3 is 2.18 bits per heavy atom. The normalized spacial score (nSPS) is 11.4. The van der Waals surface area contributed by atoms with Gasteiger partial charge in [0.15, 0.2) is 0 Å². The van der Waals surface area contributed by atoms with Gasteiger partial charge in [-0.1, -0.05) is 51.1 Å². The Morgan fingerprint density at radius 2 is 1.57 bits per heavy atom. The fourth-order valence-corrected chi connectivity index (χ4v) is 3.16. The number of nitrogens with zero attached hydrogens (tertiary/aromatic N) is 1. The third-order valence-electron chi connectivity index (χ3n) is 4.86. The zero-order valence-corrected chi connectivity index (χ0v) is 17.7. The van der Waals surface area contributed by atoms with E-state index in [4.69, 9.17) is 14.5 Å². The quantitative estimate of drug-likeness (QED) is 0.528. The topological polar surface area (TPSA) is 31.4 Å². The summed E-state index contributed by atoms with van der Waals surface area (Å²) in [5, 5.41) is 0. The van der Waals surface area contributed by atoms with E-state index in [2.05, 4.69) is 45.9 Å². The van der Waals surface area contributed by atoms with Crippen molar-refractivity contribution in [1.29, 1.82) is 0 Å². The van der Waals surface area contributed by atoms with Crippen molar-refractivity contribution in [3.63, 3.8) is 0 Å². The smallest absolute Gasteiger partial charge is 0.123 e. The molecule has 0 spiro atoms. The van der Waals surface area contributed by atoms with Crippen LogP contribution in [0.5, 0.6) is 11.5 Å². The average Bonchev–Trinajstić information content (AvgIpc) is 2.65. The van der Waals surface area contributed by atoms with Crippen LogP contribution in [-0.2, 0) is 12.0 Å². The Hall–Kier alpha value is -2.81. The Balaban J connectivity index is 1.83. The van der Waals surface area contributed by atoms with Crippen molar-refractivity contribution in [2.75, 3.05) is 7.11 Å². The molecular formula is C25H29NO2. The molecule has 0 aliphatic rings. The van der Waals surface area contributed by atoms with Gasteiger partial charge in [0.05, 0.1) is 12.8 Å². The molecule has 0 radical (unpaired) electrons. The van der Waals surface area contributed by atoms with Crippen LogP contribution in [0.1, 0.15) is 43.2 Å². The molecule has 0 bridgehead atoms. The zero-order valence-electron chi connectivity index (χ0n) is 17.7. The van der Waals surface area contributed by atoms with Gasteiger partial charge in [0, 0.05) is 23.4 Å². The van der Waals surface area contributed by atoms with Gasteiger partial charge in [0.1, 0.15) is 18.1 Å². The highest BCUT2D eigenvalue weighted by Crippen LogP contribution is 2.30. The van der Waals surface area contributed by atoms with Crippen molar-refractivity contribution in [2.24, 2.45) is 0 Å². The van der Waals surface area contributed by atoms with Gasteiger partial charge in [0.25, 0.3) is 0 Å².